The summed E-state index contributed by atoms with van der Waals surface area (Å²) in [5, 5.41) is 20.6. The van der Waals surface area contributed by atoms with Gasteiger partial charge in [0.05, 0.1) is 12.2 Å². The molecule has 0 radical (unpaired) electrons. The lowest BCUT2D eigenvalue weighted by Crippen LogP contribution is -2.46. The fraction of sp³-hybridized carbons (Fsp3) is 0.765. The van der Waals surface area contributed by atoms with Gasteiger partial charge in [0.15, 0.2) is 6.23 Å². The van der Waals surface area contributed by atoms with Crippen LogP contribution in [-0.2, 0) is 9.47 Å². The molecule has 0 amide bonds. The largest absolute Gasteiger partial charge is 0.387 e. The lowest BCUT2D eigenvalue weighted by molar-refractivity contribution is -0.138. The highest BCUT2D eigenvalue weighted by atomic mass is 32.2. The lowest BCUT2D eigenvalue weighted by atomic mass is 9.79. The molecular weight excluding hydrogens is 360 g/mol. The van der Waals surface area contributed by atoms with E-state index in [9.17, 15) is 19.8 Å². The fourth-order valence-electron chi connectivity index (χ4n) is 2.74. The van der Waals surface area contributed by atoms with Crippen LogP contribution in [0.2, 0.25) is 0 Å². The van der Waals surface area contributed by atoms with Crippen LogP contribution < -0.4 is 11.2 Å². The molecule has 2 unspecified atom stereocenters. The topological polar surface area (TPSA) is 114 Å². The molecule has 1 saturated heterocycles. The summed E-state index contributed by atoms with van der Waals surface area (Å²) in [6.45, 7) is 8.23. The Balaban J connectivity index is 2.10. The first-order chi connectivity index (χ1) is 12.0. The van der Waals surface area contributed by atoms with Gasteiger partial charge in [0.1, 0.15) is 18.3 Å². The summed E-state index contributed by atoms with van der Waals surface area (Å²) in [6, 6.07) is 1.15. The Morgan fingerprint density at radius 1 is 1.27 bits per heavy atom. The summed E-state index contributed by atoms with van der Waals surface area (Å²) in [5.41, 5.74) is -1.87. The Bertz CT molecular complexity index is 728. The summed E-state index contributed by atoms with van der Waals surface area (Å²) in [4.78, 5) is 25.2. The Kier molecular flexibility index (Phi) is 6.40. The van der Waals surface area contributed by atoms with Crippen LogP contribution in [0.1, 0.15) is 33.9 Å². The van der Waals surface area contributed by atoms with Gasteiger partial charge in [-0.3, -0.25) is 14.3 Å². The highest BCUT2D eigenvalue weighted by Crippen LogP contribution is 2.37. The number of rotatable bonds is 7. The van der Waals surface area contributed by atoms with Crippen molar-refractivity contribution in [3.05, 3.63) is 33.1 Å². The maximum absolute atomic E-state index is 11.9. The van der Waals surface area contributed by atoms with Crippen molar-refractivity contribution < 1.29 is 19.7 Å². The molecule has 1 aliphatic heterocycles. The number of nitrogens with zero attached hydrogens (tertiary/aromatic N) is 1. The number of ether oxygens (including phenoxy) is 2. The quantitative estimate of drug-likeness (QED) is 0.617. The van der Waals surface area contributed by atoms with Crippen LogP contribution in [0.4, 0.5) is 0 Å². The van der Waals surface area contributed by atoms with Crippen LogP contribution in [-0.4, -0.2) is 62.3 Å². The van der Waals surface area contributed by atoms with Crippen LogP contribution in [0.5, 0.6) is 0 Å². The van der Waals surface area contributed by atoms with Gasteiger partial charge in [-0.15, -0.1) is 0 Å². The third kappa shape index (κ3) is 4.23. The molecule has 2 rings (SSSR count). The first-order valence-corrected chi connectivity index (χ1v) is 9.85. The van der Waals surface area contributed by atoms with Crippen molar-refractivity contribution in [2.45, 2.75) is 57.8 Å². The van der Waals surface area contributed by atoms with Crippen molar-refractivity contribution in [1.29, 1.82) is 0 Å². The monoisotopic (exact) mass is 388 g/mol. The molecule has 2 heterocycles. The SMILES string of the molecule is CSCC(C)(C)C(C)(C)OC[C@H]1O[C@@H](n2ccc(=O)[nH]c2=O)C(O)C1O. The van der Waals surface area contributed by atoms with Crippen molar-refractivity contribution in [3.63, 3.8) is 0 Å². The lowest BCUT2D eigenvalue weighted by Gasteiger charge is -2.41. The molecule has 148 valence electrons. The van der Waals surface area contributed by atoms with E-state index in [1.54, 1.807) is 11.8 Å². The van der Waals surface area contributed by atoms with E-state index in [1.807, 2.05) is 20.1 Å². The van der Waals surface area contributed by atoms with E-state index in [-0.39, 0.29) is 12.0 Å². The zero-order valence-corrected chi connectivity index (χ0v) is 16.6. The highest BCUT2D eigenvalue weighted by molar-refractivity contribution is 7.98. The van der Waals surface area contributed by atoms with Crippen LogP contribution in [0.25, 0.3) is 0 Å². The summed E-state index contributed by atoms with van der Waals surface area (Å²) in [6.07, 6.45) is -1.14. The van der Waals surface area contributed by atoms with Gasteiger partial charge in [0, 0.05) is 23.4 Å². The maximum Gasteiger partial charge on any atom is 0.330 e. The molecule has 1 aromatic heterocycles. The summed E-state index contributed by atoms with van der Waals surface area (Å²) >= 11 is 1.73. The molecular formula is C17H28N2O6S. The van der Waals surface area contributed by atoms with E-state index >= 15 is 0 Å². The second-order valence-electron chi connectivity index (χ2n) is 7.70. The predicted octanol–water partition coefficient (Wildman–Crippen LogP) is 0.340. The van der Waals surface area contributed by atoms with Gasteiger partial charge >= 0.3 is 5.69 Å². The number of aromatic nitrogens is 2. The summed E-state index contributed by atoms with van der Waals surface area (Å²) in [5.74, 6) is 0.895. The number of H-pyrrole nitrogens is 1. The van der Waals surface area contributed by atoms with Gasteiger partial charge in [-0.2, -0.15) is 11.8 Å². The number of aliphatic hydroxyl groups excluding tert-OH is 2. The summed E-state index contributed by atoms with van der Waals surface area (Å²) in [7, 11) is 0. The van der Waals surface area contributed by atoms with E-state index in [2.05, 4.69) is 18.8 Å². The standard InChI is InChI=1S/C17H28N2O6S/c1-16(2,9-26-5)17(3,4)24-8-10-12(21)13(22)14(25-10)19-7-6-11(20)18-15(19)23/h6-7,10,12-14,21-22H,8-9H2,1-5H3,(H,18,20,23)/t10-,12?,13?,14-/m1/s1. The number of hydrogen-bond acceptors (Lipinski definition) is 7. The molecule has 0 aliphatic carbocycles. The zero-order valence-electron chi connectivity index (χ0n) is 15.8. The molecule has 4 atom stereocenters. The molecule has 8 nitrogen and oxygen atoms in total. The molecule has 0 saturated carbocycles. The maximum atomic E-state index is 11.9. The molecule has 0 bridgehead atoms. The van der Waals surface area contributed by atoms with E-state index in [0.29, 0.717) is 0 Å². The number of hydrogen-bond donors (Lipinski definition) is 3. The number of aromatic amines is 1. The third-order valence-electron chi connectivity index (χ3n) is 5.21. The van der Waals surface area contributed by atoms with Crippen molar-refractivity contribution >= 4 is 11.8 Å². The Hall–Kier alpha value is -1.13. The fourth-order valence-corrected chi connectivity index (χ4v) is 3.81. The normalized spacial score (nSPS) is 27.0. The van der Waals surface area contributed by atoms with Crippen molar-refractivity contribution in [2.75, 3.05) is 18.6 Å². The second-order valence-corrected chi connectivity index (χ2v) is 8.57. The number of nitrogens with one attached hydrogen (secondary N) is 1. The molecule has 0 aromatic carbocycles. The smallest absolute Gasteiger partial charge is 0.330 e. The molecule has 3 N–H and O–H groups in total. The number of aliphatic hydroxyl groups is 2. The van der Waals surface area contributed by atoms with Crippen molar-refractivity contribution in [2.24, 2.45) is 5.41 Å². The van der Waals surface area contributed by atoms with Crippen LogP contribution >= 0.6 is 11.8 Å². The number of thioether (sulfide) groups is 1. The van der Waals surface area contributed by atoms with E-state index in [4.69, 9.17) is 9.47 Å². The highest BCUT2D eigenvalue weighted by Gasteiger charge is 2.46. The van der Waals surface area contributed by atoms with Gasteiger partial charge in [0.2, 0.25) is 0 Å². The van der Waals surface area contributed by atoms with Gasteiger partial charge in [-0.1, -0.05) is 13.8 Å². The Morgan fingerprint density at radius 2 is 1.92 bits per heavy atom. The van der Waals surface area contributed by atoms with Crippen LogP contribution in [0.3, 0.4) is 0 Å². The van der Waals surface area contributed by atoms with Gasteiger partial charge in [-0.25, -0.2) is 4.79 Å². The minimum Gasteiger partial charge on any atom is -0.387 e. The van der Waals surface area contributed by atoms with Crippen LogP contribution in [0, 0.1) is 5.41 Å². The van der Waals surface area contributed by atoms with Crippen LogP contribution in [0.15, 0.2) is 21.9 Å². The first kappa shape index (κ1) is 21.2. The average molecular weight is 388 g/mol. The molecule has 0 spiro atoms. The van der Waals surface area contributed by atoms with Crippen molar-refractivity contribution in [3.8, 4) is 0 Å². The molecule has 9 heteroatoms. The molecule has 1 aliphatic rings. The first-order valence-electron chi connectivity index (χ1n) is 8.46. The Morgan fingerprint density at radius 3 is 2.50 bits per heavy atom. The predicted molar refractivity (Wildman–Crippen MR) is 99.4 cm³/mol. The zero-order chi connectivity index (χ0) is 19.7. The van der Waals surface area contributed by atoms with Crippen molar-refractivity contribution in [1.82, 2.24) is 9.55 Å². The third-order valence-corrected chi connectivity index (χ3v) is 6.22. The van der Waals surface area contributed by atoms with Gasteiger partial charge in [-0.05, 0) is 20.1 Å². The Labute approximate surface area is 156 Å². The molecule has 1 aromatic rings. The van der Waals surface area contributed by atoms with E-state index < -0.39 is 41.4 Å². The average Bonchev–Trinajstić information content (AvgIpc) is 2.81. The van der Waals surface area contributed by atoms with Gasteiger partial charge in [0.25, 0.3) is 5.56 Å². The van der Waals surface area contributed by atoms with Gasteiger partial charge < -0.3 is 19.7 Å². The minimum atomic E-state index is -1.31. The van der Waals surface area contributed by atoms with E-state index in [0.717, 1.165) is 16.4 Å². The van der Waals surface area contributed by atoms with E-state index in [1.165, 1.54) is 6.20 Å². The second kappa shape index (κ2) is 7.85. The minimum absolute atomic E-state index is 0.0671. The molecule has 1 fully saturated rings. The molecule has 26 heavy (non-hydrogen) atoms. The summed E-state index contributed by atoms with van der Waals surface area (Å²) < 4.78 is 12.8.